The van der Waals surface area contributed by atoms with Crippen LogP contribution in [0.2, 0.25) is 0 Å². The first-order valence-corrected chi connectivity index (χ1v) is 15.0. The molecule has 45 heavy (non-hydrogen) atoms. The molecule has 13 nitrogen and oxygen atoms in total. The second-order valence-electron chi connectivity index (χ2n) is 13.1. The van der Waals surface area contributed by atoms with Gasteiger partial charge in [0.15, 0.2) is 6.10 Å². The summed E-state index contributed by atoms with van der Waals surface area (Å²) >= 11 is 0. The van der Waals surface area contributed by atoms with Crippen molar-refractivity contribution in [3.8, 4) is 0 Å². The molecule has 1 saturated heterocycles. The quantitative estimate of drug-likeness (QED) is 0.304. The van der Waals surface area contributed by atoms with Crippen LogP contribution in [0, 0.1) is 17.3 Å². The third-order valence-corrected chi connectivity index (χ3v) is 9.89. The maximum atomic E-state index is 13.6. The number of fused-ring (bicyclic) bond motifs is 1. The van der Waals surface area contributed by atoms with E-state index in [1.165, 1.54) is 44.1 Å². The number of carbonyl (C=O) groups excluding carboxylic acids is 4. The molecule has 2 aromatic heterocycles. The molecular weight excluding hydrogens is 592 g/mol. The Morgan fingerprint density at radius 1 is 1.00 bits per heavy atom. The Morgan fingerprint density at radius 3 is 2.13 bits per heavy atom. The van der Waals surface area contributed by atoms with Gasteiger partial charge in [-0.1, -0.05) is 13.8 Å². The van der Waals surface area contributed by atoms with Crippen LogP contribution in [0.4, 0.5) is 0 Å². The molecule has 13 heteroatoms. The Bertz CT molecular complexity index is 1410. The summed E-state index contributed by atoms with van der Waals surface area (Å²) in [6.45, 7) is 8.83. The average Bonchev–Trinajstić information content (AvgIpc) is 3.72. The van der Waals surface area contributed by atoms with Crippen LogP contribution < -0.4 is 0 Å². The van der Waals surface area contributed by atoms with E-state index in [2.05, 4.69) is 0 Å². The normalized spacial score (nSPS) is 35.5. The third kappa shape index (κ3) is 5.14. The number of aliphatic hydroxyl groups excluding tert-OH is 1. The monoisotopic (exact) mass is 632 g/mol. The zero-order valence-electron chi connectivity index (χ0n) is 26.1. The highest BCUT2D eigenvalue weighted by molar-refractivity contribution is 5.89. The Hall–Kier alpha value is -3.68. The molecule has 0 amide bonds. The molecule has 3 heterocycles. The number of aliphatic hydroxyl groups is 2. The summed E-state index contributed by atoms with van der Waals surface area (Å²) < 4.78 is 40.7. The second kappa shape index (κ2) is 11.6. The number of ether oxygens (including phenoxy) is 5. The molecule has 9 atom stereocenters. The molecule has 2 saturated carbocycles. The van der Waals surface area contributed by atoms with E-state index in [1.54, 1.807) is 27.7 Å². The molecule has 2 bridgehead atoms. The molecule has 2 N–H and O–H groups in total. The zero-order valence-corrected chi connectivity index (χ0v) is 26.1. The first kappa shape index (κ1) is 32.7. The molecular formula is C32H40O13. The van der Waals surface area contributed by atoms with E-state index in [9.17, 15) is 29.4 Å². The predicted octanol–water partition coefficient (Wildman–Crippen LogP) is 3.21. The minimum atomic E-state index is -2.05. The number of hydrogen-bond donors (Lipinski definition) is 2. The molecule has 3 fully saturated rings. The van der Waals surface area contributed by atoms with Crippen LogP contribution in [0.1, 0.15) is 81.5 Å². The Morgan fingerprint density at radius 2 is 1.60 bits per heavy atom. The molecule has 246 valence electrons. The van der Waals surface area contributed by atoms with Crippen molar-refractivity contribution < 1.29 is 61.9 Å². The van der Waals surface area contributed by atoms with Gasteiger partial charge < -0.3 is 42.7 Å². The first-order valence-electron chi connectivity index (χ1n) is 15.0. The summed E-state index contributed by atoms with van der Waals surface area (Å²) in [5.74, 6) is -4.39. The minimum absolute atomic E-state index is 0.0450. The smallest absolute Gasteiger partial charge is 0.341 e. The molecule has 1 aliphatic heterocycles. The summed E-state index contributed by atoms with van der Waals surface area (Å²) in [6, 6.07) is 2.78. The highest BCUT2D eigenvalue weighted by atomic mass is 16.6. The van der Waals surface area contributed by atoms with Crippen LogP contribution >= 0.6 is 0 Å². The van der Waals surface area contributed by atoms with E-state index < -0.39 is 89.0 Å². The van der Waals surface area contributed by atoms with Gasteiger partial charge >= 0.3 is 23.9 Å². The predicted molar refractivity (Wildman–Crippen MR) is 151 cm³/mol. The summed E-state index contributed by atoms with van der Waals surface area (Å²) in [5, 5.41) is 24.5. The third-order valence-electron chi connectivity index (χ3n) is 9.89. The van der Waals surface area contributed by atoms with Crippen molar-refractivity contribution in [3.63, 3.8) is 0 Å². The van der Waals surface area contributed by atoms with Crippen molar-refractivity contribution >= 4 is 23.9 Å². The molecule has 2 aliphatic carbocycles. The molecule has 0 radical (unpaired) electrons. The largest absolute Gasteiger partial charge is 0.472 e. The van der Waals surface area contributed by atoms with Crippen molar-refractivity contribution in [2.75, 3.05) is 6.61 Å². The summed E-state index contributed by atoms with van der Waals surface area (Å²) in [7, 11) is 0. The maximum Gasteiger partial charge on any atom is 0.341 e. The van der Waals surface area contributed by atoms with Crippen molar-refractivity contribution in [3.05, 3.63) is 48.3 Å². The molecule has 2 aromatic rings. The van der Waals surface area contributed by atoms with E-state index in [1.807, 2.05) is 0 Å². The number of carbonyl (C=O) groups is 4. The van der Waals surface area contributed by atoms with Gasteiger partial charge in [0.2, 0.25) is 0 Å². The van der Waals surface area contributed by atoms with Crippen LogP contribution in [0.15, 0.2) is 46.0 Å². The molecule has 9 unspecified atom stereocenters. The van der Waals surface area contributed by atoms with Gasteiger partial charge in [-0.25, -0.2) is 9.59 Å². The van der Waals surface area contributed by atoms with Crippen molar-refractivity contribution in [2.45, 2.75) is 102 Å². The molecule has 0 aromatic carbocycles. The fourth-order valence-electron chi connectivity index (χ4n) is 7.50. The summed E-state index contributed by atoms with van der Waals surface area (Å²) in [5.41, 5.74) is -7.05. The number of hydrogen-bond acceptors (Lipinski definition) is 13. The number of esters is 4. The molecule has 5 rings (SSSR count). The van der Waals surface area contributed by atoms with Gasteiger partial charge in [0.1, 0.15) is 42.4 Å². The average molecular weight is 633 g/mol. The highest BCUT2D eigenvalue weighted by Gasteiger charge is 2.85. The lowest BCUT2D eigenvalue weighted by molar-refractivity contribution is -0.354. The van der Waals surface area contributed by atoms with Gasteiger partial charge in [0, 0.05) is 19.3 Å². The van der Waals surface area contributed by atoms with Crippen molar-refractivity contribution in [2.24, 2.45) is 17.3 Å². The summed E-state index contributed by atoms with van der Waals surface area (Å²) in [4.78, 5) is 52.8. The van der Waals surface area contributed by atoms with Crippen LogP contribution in [-0.4, -0.2) is 81.9 Å². The highest BCUT2D eigenvalue weighted by Crippen LogP contribution is 2.68. The van der Waals surface area contributed by atoms with E-state index in [4.69, 9.17) is 32.5 Å². The van der Waals surface area contributed by atoms with Gasteiger partial charge in [-0.05, 0) is 45.7 Å². The lowest BCUT2D eigenvalue weighted by Crippen LogP contribution is -2.83. The van der Waals surface area contributed by atoms with Gasteiger partial charge in [0.25, 0.3) is 0 Å². The van der Waals surface area contributed by atoms with Gasteiger partial charge in [-0.3, -0.25) is 9.59 Å². The van der Waals surface area contributed by atoms with Gasteiger partial charge in [-0.15, -0.1) is 0 Å². The van der Waals surface area contributed by atoms with E-state index in [0.717, 1.165) is 6.92 Å². The number of furan rings is 2. The maximum absolute atomic E-state index is 13.6. The lowest BCUT2D eigenvalue weighted by Gasteiger charge is -2.65. The first-order chi connectivity index (χ1) is 21.1. The Balaban J connectivity index is 1.75. The lowest BCUT2D eigenvalue weighted by atomic mass is 9.46. The zero-order chi connectivity index (χ0) is 32.9. The standard InChI is InChI=1S/C32H40O13/c1-7-17(2)26(35)44-25-22(42-27(36)19-8-10-39-14-19)13-30(6,38)32-24(34)21(29(4,5)45-32)12-23(31(25,32)16-41-18(3)33)43-28(37)20-9-11-40-15-20/h8-11,14-15,17,21-25,34,38H,7,12-13,16H2,1-6H3. The second-order valence-corrected chi connectivity index (χ2v) is 13.1. The van der Waals surface area contributed by atoms with Crippen LogP contribution in [0.25, 0.3) is 0 Å². The van der Waals surface area contributed by atoms with E-state index in [0.29, 0.717) is 6.42 Å². The van der Waals surface area contributed by atoms with E-state index in [-0.39, 0.29) is 24.0 Å². The molecule has 3 aliphatic rings. The van der Waals surface area contributed by atoms with Gasteiger partial charge in [0.05, 0.1) is 46.9 Å². The topological polar surface area (TPSA) is 181 Å². The number of rotatable bonds is 9. The fraction of sp³-hybridized carbons (Fsp3) is 0.625. The van der Waals surface area contributed by atoms with Gasteiger partial charge in [-0.2, -0.15) is 0 Å². The van der Waals surface area contributed by atoms with Crippen LogP contribution in [0.3, 0.4) is 0 Å². The van der Waals surface area contributed by atoms with Crippen LogP contribution in [0.5, 0.6) is 0 Å². The fourth-order valence-corrected chi connectivity index (χ4v) is 7.50. The van der Waals surface area contributed by atoms with Crippen molar-refractivity contribution in [1.82, 2.24) is 0 Å². The molecule has 1 spiro atoms. The van der Waals surface area contributed by atoms with Crippen LogP contribution in [-0.2, 0) is 33.3 Å². The summed E-state index contributed by atoms with van der Waals surface area (Å²) in [6.07, 6.45) is -0.715. The van der Waals surface area contributed by atoms with E-state index >= 15 is 0 Å². The minimum Gasteiger partial charge on any atom is -0.472 e. The van der Waals surface area contributed by atoms with Crippen molar-refractivity contribution in [1.29, 1.82) is 0 Å². The Labute approximate surface area is 260 Å². The Kier molecular flexibility index (Phi) is 8.43. The SMILES string of the molecule is CCC(C)C(=O)OC1C(OC(=O)c2ccoc2)CC(C)(O)C23OC(C)(C)C(CC(OC(=O)c4ccoc4)C12COC(C)=O)C3O.